The number of allylic oxidation sites excluding steroid dienone is 1. The maximum Gasteiger partial charge on any atom is 0.101 e. The fraction of sp³-hybridized carbons (Fsp3) is 0.385. The smallest absolute Gasteiger partial charge is 0.101 e. The molecule has 0 radical (unpaired) electrons. The first kappa shape index (κ1) is 9.56. The highest BCUT2D eigenvalue weighted by atomic mass is 15.0. The highest BCUT2D eigenvalue weighted by Crippen LogP contribution is 2.36. The number of nitrogens with zero attached hydrogens (tertiary/aromatic N) is 2. The third kappa shape index (κ3) is 1.35. The molecule has 1 N–H and O–H groups in total. The maximum absolute atomic E-state index is 8.98. The highest BCUT2D eigenvalue weighted by molar-refractivity contribution is 5.70. The molecule has 0 aromatic carbocycles. The van der Waals surface area contributed by atoms with E-state index in [1.165, 1.54) is 5.57 Å². The molecule has 1 aromatic heterocycles. The van der Waals surface area contributed by atoms with Gasteiger partial charge in [-0.05, 0) is 36.5 Å². The van der Waals surface area contributed by atoms with Gasteiger partial charge in [-0.2, -0.15) is 5.26 Å². The van der Waals surface area contributed by atoms with Crippen LogP contribution in [-0.4, -0.2) is 17.6 Å². The van der Waals surface area contributed by atoms with Gasteiger partial charge in [-0.15, -0.1) is 0 Å². The molecule has 1 aliphatic heterocycles. The second kappa shape index (κ2) is 3.43. The predicted octanol–water partition coefficient (Wildman–Crippen LogP) is 1.64. The summed E-state index contributed by atoms with van der Waals surface area (Å²) in [6.07, 6.45) is 5.28. The van der Waals surface area contributed by atoms with Gasteiger partial charge in [-0.3, -0.25) is 4.98 Å². The topological polar surface area (TPSA) is 48.7 Å². The third-order valence-electron chi connectivity index (χ3n) is 3.56. The lowest BCUT2D eigenvalue weighted by Crippen LogP contribution is -2.49. The second-order valence-electron chi connectivity index (χ2n) is 4.56. The molecule has 16 heavy (non-hydrogen) atoms. The summed E-state index contributed by atoms with van der Waals surface area (Å²) in [6.45, 7) is 2.99. The molecule has 0 saturated carbocycles. The van der Waals surface area contributed by atoms with Gasteiger partial charge in [-0.25, -0.2) is 0 Å². The van der Waals surface area contributed by atoms with Crippen LogP contribution in [0.1, 0.15) is 23.2 Å². The van der Waals surface area contributed by atoms with Crippen LogP contribution in [0.4, 0.5) is 0 Å². The molecule has 3 rings (SSSR count). The molecule has 2 atom stereocenters. The van der Waals surface area contributed by atoms with Crippen molar-refractivity contribution in [1.82, 2.24) is 10.3 Å². The summed E-state index contributed by atoms with van der Waals surface area (Å²) in [7, 11) is 0. The van der Waals surface area contributed by atoms with E-state index < -0.39 is 0 Å². The maximum atomic E-state index is 8.98. The van der Waals surface area contributed by atoms with Crippen LogP contribution in [0.5, 0.6) is 0 Å². The Morgan fingerprint density at radius 2 is 2.44 bits per heavy atom. The number of nitrogens with one attached hydrogen (secondary N) is 1. The molecule has 0 bridgehead atoms. The Balaban J connectivity index is 1.96. The number of pyridine rings is 1. The molecule has 1 saturated heterocycles. The van der Waals surface area contributed by atoms with Crippen molar-refractivity contribution in [2.75, 3.05) is 6.54 Å². The summed E-state index contributed by atoms with van der Waals surface area (Å²) in [5, 5.41) is 12.4. The van der Waals surface area contributed by atoms with Gasteiger partial charge in [0.1, 0.15) is 6.07 Å². The van der Waals surface area contributed by atoms with Gasteiger partial charge < -0.3 is 5.32 Å². The van der Waals surface area contributed by atoms with E-state index in [4.69, 9.17) is 5.26 Å². The van der Waals surface area contributed by atoms with Crippen LogP contribution in [0.3, 0.4) is 0 Å². The standard InChI is InChI=1S/C13H13N3/c1-8-10(5-14)3-11(6-15-8)9-2-12-7-16-13(12)4-9/h3-4,6,12-13,16H,2,7H2,1H3/t12-,13-/m1/s1. The normalized spacial score (nSPS) is 26.6. The largest absolute Gasteiger partial charge is 0.310 e. The van der Waals surface area contributed by atoms with Gasteiger partial charge >= 0.3 is 0 Å². The van der Waals surface area contributed by atoms with Gasteiger partial charge in [0.05, 0.1) is 11.3 Å². The number of rotatable bonds is 1. The van der Waals surface area contributed by atoms with Gasteiger partial charge in [0.15, 0.2) is 0 Å². The monoisotopic (exact) mass is 211 g/mol. The zero-order chi connectivity index (χ0) is 11.1. The average molecular weight is 211 g/mol. The first-order valence-corrected chi connectivity index (χ1v) is 5.59. The predicted molar refractivity (Wildman–Crippen MR) is 61.6 cm³/mol. The molecule has 0 amide bonds. The minimum Gasteiger partial charge on any atom is -0.310 e. The van der Waals surface area contributed by atoms with Crippen LogP contribution < -0.4 is 5.32 Å². The SMILES string of the molecule is Cc1ncc(C2=C[C@H]3NC[C@H]3C2)cc1C#N. The molecule has 1 aliphatic carbocycles. The fourth-order valence-electron chi connectivity index (χ4n) is 2.42. The lowest BCUT2D eigenvalue weighted by Gasteiger charge is -2.31. The number of hydrogen-bond acceptors (Lipinski definition) is 3. The van der Waals surface area contributed by atoms with E-state index in [9.17, 15) is 0 Å². The Kier molecular flexibility index (Phi) is 2.05. The first-order valence-electron chi connectivity index (χ1n) is 5.59. The Morgan fingerprint density at radius 3 is 3.00 bits per heavy atom. The lowest BCUT2D eigenvalue weighted by atomic mass is 9.93. The Hall–Kier alpha value is -1.66. The second-order valence-corrected chi connectivity index (χ2v) is 4.56. The quantitative estimate of drug-likeness (QED) is 0.768. The Bertz CT molecular complexity index is 510. The van der Waals surface area contributed by atoms with Crippen molar-refractivity contribution in [1.29, 1.82) is 5.26 Å². The van der Waals surface area contributed by atoms with Crippen molar-refractivity contribution in [3.05, 3.63) is 35.2 Å². The van der Waals surface area contributed by atoms with E-state index in [-0.39, 0.29) is 0 Å². The van der Waals surface area contributed by atoms with E-state index in [2.05, 4.69) is 22.4 Å². The number of aromatic nitrogens is 1. The Morgan fingerprint density at radius 1 is 1.56 bits per heavy atom. The van der Waals surface area contributed by atoms with Crippen LogP contribution in [0, 0.1) is 24.2 Å². The van der Waals surface area contributed by atoms with E-state index in [0.717, 1.165) is 30.1 Å². The molecule has 0 spiro atoms. The molecule has 2 heterocycles. The van der Waals surface area contributed by atoms with Crippen molar-refractivity contribution in [2.24, 2.45) is 5.92 Å². The van der Waals surface area contributed by atoms with E-state index in [1.807, 2.05) is 19.2 Å². The van der Waals surface area contributed by atoms with Crippen LogP contribution in [-0.2, 0) is 0 Å². The summed E-state index contributed by atoms with van der Waals surface area (Å²) in [6, 6.07) is 4.71. The number of fused-ring (bicyclic) bond motifs is 1. The third-order valence-corrected chi connectivity index (χ3v) is 3.56. The molecule has 1 fully saturated rings. The minimum absolute atomic E-state index is 0.557. The van der Waals surface area contributed by atoms with Crippen LogP contribution in [0.15, 0.2) is 18.3 Å². The average Bonchev–Trinajstić information content (AvgIpc) is 2.56. The zero-order valence-corrected chi connectivity index (χ0v) is 9.20. The summed E-state index contributed by atoms with van der Waals surface area (Å²) >= 11 is 0. The van der Waals surface area contributed by atoms with Crippen molar-refractivity contribution >= 4 is 5.57 Å². The van der Waals surface area contributed by atoms with Crippen molar-refractivity contribution < 1.29 is 0 Å². The van der Waals surface area contributed by atoms with Gasteiger partial charge in [-0.1, -0.05) is 6.08 Å². The van der Waals surface area contributed by atoms with Gasteiger partial charge in [0, 0.05) is 18.8 Å². The number of aryl methyl sites for hydroxylation is 1. The Labute approximate surface area is 94.8 Å². The number of nitriles is 1. The van der Waals surface area contributed by atoms with Crippen molar-refractivity contribution in [2.45, 2.75) is 19.4 Å². The molecular formula is C13H13N3. The number of hydrogen-bond donors (Lipinski definition) is 1. The molecule has 80 valence electrons. The molecule has 2 aliphatic rings. The van der Waals surface area contributed by atoms with Crippen LogP contribution in [0.25, 0.3) is 5.57 Å². The first-order chi connectivity index (χ1) is 7.78. The van der Waals surface area contributed by atoms with Crippen molar-refractivity contribution in [3.63, 3.8) is 0 Å². The van der Waals surface area contributed by atoms with E-state index >= 15 is 0 Å². The molecule has 0 unspecified atom stereocenters. The minimum atomic E-state index is 0.557. The zero-order valence-electron chi connectivity index (χ0n) is 9.20. The van der Waals surface area contributed by atoms with Crippen molar-refractivity contribution in [3.8, 4) is 6.07 Å². The molecule has 3 heteroatoms. The fourth-order valence-corrected chi connectivity index (χ4v) is 2.42. The summed E-state index contributed by atoms with van der Waals surface area (Å²) in [4.78, 5) is 4.28. The van der Waals surface area contributed by atoms with Gasteiger partial charge in [0.25, 0.3) is 0 Å². The van der Waals surface area contributed by atoms with Crippen LogP contribution >= 0.6 is 0 Å². The summed E-state index contributed by atoms with van der Waals surface area (Å²) in [5.41, 5.74) is 3.94. The van der Waals surface area contributed by atoms with Crippen LogP contribution in [0.2, 0.25) is 0 Å². The lowest BCUT2D eigenvalue weighted by molar-refractivity contribution is 0.301. The highest BCUT2D eigenvalue weighted by Gasteiger charge is 2.34. The van der Waals surface area contributed by atoms with E-state index in [0.29, 0.717) is 11.6 Å². The summed E-state index contributed by atoms with van der Waals surface area (Å²) < 4.78 is 0. The molecular weight excluding hydrogens is 198 g/mol. The van der Waals surface area contributed by atoms with E-state index in [1.54, 1.807) is 0 Å². The molecule has 3 nitrogen and oxygen atoms in total. The molecule has 1 aromatic rings. The van der Waals surface area contributed by atoms with Gasteiger partial charge in [0.2, 0.25) is 0 Å². The summed E-state index contributed by atoms with van der Waals surface area (Å²) in [5.74, 6) is 0.766.